The van der Waals surface area contributed by atoms with Crippen molar-refractivity contribution in [2.75, 3.05) is 6.54 Å². The molecule has 1 atom stereocenters. The number of nitrogens with zero attached hydrogens (tertiary/aromatic N) is 1. The first-order chi connectivity index (χ1) is 5.52. The SMILES string of the molecule is CC1NC(=O)CN(C(C)C)C1=O. The molecule has 0 aliphatic carbocycles. The van der Waals surface area contributed by atoms with Gasteiger partial charge >= 0.3 is 0 Å². The van der Waals surface area contributed by atoms with Gasteiger partial charge in [-0.15, -0.1) is 0 Å². The molecule has 4 heteroatoms. The molecule has 12 heavy (non-hydrogen) atoms. The summed E-state index contributed by atoms with van der Waals surface area (Å²) in [7, 11) is 0. The first-order valence-electron chi connectivity index (χ1n) is 4.12. The molecule has 0 spiro atoms. The van der Waals surface area contributed by atoms with Crippen molar-refractivity contribution in [1.29, 1.82) is 0 Å². The zero-order chi connectivity index (χ0) is 9.30. The predicted octanol–water partition coefficient (Wildman–Crippen LogP) is -0.258. The van der Waals surface area contributed by atoms with Gasteiger partial charge in [0, 0.05) is 6.04 Å². The molecule has 1 aliphatic rings. The Balaban J connectivity index is 2.73. The van der Waals surface area contributed by atoms with Crippen molar-refractivity contribution in [1.82, 2.24) is 10.2 Å². The second-order valence-electron chi connectivity index (χ2n) is 3.35. The molecule has 0 bridgehead atoms. The molecule has 0 radical (unpaired) electrons. The van der Waals surface area contributed by atoms with E-state index in [-0.39, 0.29) is 30.4 Å². The van der Waals surface area contributed by atoms with E-state index in [1.165, 1.54) is 0 Å². The first-order valence-corrected chi connectivity index (χ1v) is 4.12. The Morgan fingerprint density at radius 1 is 1.50 bits per heavy atom. The number of carbonyl (C=O) groups excluding carboxylic acids is 2. The fourth-order valence-corrected chi connectivity index (χ4v) is 1.27. The molecule has 2 amide bonds. The Morgan fingerprint density at radius 2 is 2.08 bits per heavy atom. The van der Waals surface area contributed by atoms with Gasteiger partial charge in [-0.1, -0.05) is 0 Å². The molecule has 1 rings (SSSR count). The molecule has 1 aliphatic heterocycles. The van der Waals surface area contributed by atoms with Gasteiger partial charge < -0.3 is 10.2 Å². The Bertz CT molecular complexity index is 213. The van der Waals surface area contributed by atoms with Crippen molar-refractivity contribution in [3.8, 4) is 0 Å². The lowest BCUT2D eigenvalue weighted by atomic mass is 10.2. The number of carbonyl (C=O) groups is 2. The third-order valence-corrected chi connectivity index (χ3v) is 1.97. The van der Waals surface area contributed by atoms with Gasteiger partial charge in [0.15, 0.2) is 0 Å². The minimum absolute atomic E-state index is 0.00426. The first kappa shape index (κ1) is 9.03. The minimum atomic E-state index is -0.367. The molecule has 1 N–H and O–H groups in total. The summed E-state index contributed by atoms with van der Waals surface area (Å²) in [6.45, 7) is 5.71. The molecule has 0 saturated carbocycles. The maximum atomic E-state index is 11.4. The van der Waals surface area contributed by atoms with Crippen LogP contribution in [0.3, 0.4) is 0 Å². The zero-order valence-corrected chi connectivity index (χ0v) is 7.63. The highest BCUT2D eigenvalue weighted by Gasteiger charge is 2.30. The van der Waals surface area contributed by atoms with Crippen molar-refractivity contribution < 1.29 is 9.59 Å². The molecule has 1 heterocycles. The number of rotatable bonds is 1. The van der Waals surface area contributed by atoms with Crippen molar-refractivity contribution in [2.24, 2.45) is 0 Å². The standard InChI is InChI=1S/C8H14N2O2/c1-5(2)10-4-7(11)9-6(3)8(10)12/h5-6H,4H2,1-3H3,(H,9,11). The van der Waals surface area contributed by atoms with Gasteiger partial charge in [0.1, 0.15) is 6.04 Å². The molecule has 0 aromatic carbocycles. The minimum Gasteiger partial charge on any atom is -0.343 e. The van der Waals surface area contributed by atoms with Crippen molar-refractivity contribution in [2.45, 2.75) is 32.9 Å². The average molecular weight is 170 g/mol. The van der Waals surface area contributed by atoms with E-state index in [1.807, 2.05) is 13.8 Å². The summed E-state index contributed by atoms with van der Waals surface area (Å²) in [6.07, 6.45) is 0. The van der Waals surface area contributed by atoms with Crippen LogP contribution in [-0.2, 0) is 9.59 Å². The summed E-state index contributed by atoms with van der Waals surface area (Å²) in [6, 6.07) is -0.264. The third kappa shape index (κ3) is 1.57. The van der Waals surface area contributed by atoms with Crippen LogP contribution in [-0.4, -0.2) is 35.3 Å². The van der Waals surface area contributed by atoms with Crippen LogP contribution >= 0.6 is 0 Å². The Hall–Kier alpha value is -1.06. The lowest BCUT2D eigenvalue weighted by Gasteiger charge is -2.33. The monoisotopic (exact) mass is 170 g/mol. The summed E-state index contributed by atoms with van der Waals surface area (Å²) in [5.74, 6) is -0.0691. The molecule has 68 valence electrons. The molecule has 0 aromatic heterocycles. The van der Waals surface area contributed by atoms with Crippen LogP contribution < -0.4 is 5.32 Å². The molecule has 1 saturated heterocycles. The second kappa shape index (κ2) is 3.13. The largest absolute Gasteiger partial charge is 0.343 e. The van der Waals surface area contributed by atoms with E-state index in [0.29, 0.717) is 0 Å². The van der Waals surface area contributed by atoms with E-state index in [0.717, 1.165) is 0 Å². The Morgan fingerprint density at radius 3 is 2.58 bits per heavy atom. The van der Waals surface area contributed by atoms with Crippen molar-refractivity contribution in [3.05, 3.63) is 0 Å². The second-order valence-corrected chi connectivity index (χ2v) is 3.35. The summed E-state index contributed by atoms with van der Waals surface area (Å²) in [4.78, 5) is 24.0. The van der Waals surface area contributed by atoms with Crippen molar-refractivity contribution >= 4 is 11.8 Å². The highest BCUT2D eigenvalue weighted by molar-refractivity contribution is 5.94. The highest BCUT2D eigenvalue weighted by atomic mass is 16.2. The highest BCUT2D eigenvalue weighted by Crippen LogP contribution is 2.05. The van der Waals surface area contributed by atoms with Gasteiger partial charge in [0.25, 0.3) is 0 Å². The fraction of sp³-hybridized carbons (Fsp3) is 0.750. The van der Waals surface area contributed by atoms with Crippen LogP contribution in [0.25, 0.3) is 0 Å². The lowest BCUT2D eigenvalue weighted by Crippen LogP contribution is -2.58. The van der Waals surface area contributed by atoms with Gasteiger partial charge in [-0.3, -0.25) is 9.59 Å². The average Bonchev–Trinajstić information content (AvgIpc) is 1.96. The molecular weight excluding hydrogens is 156 g/mol. The van der Waals surface area contributed by atoms with Crippen LogP contribution in [0.5, 0.6) is 0 Å². The van der Waals surface area contributed by atoms with Gasteiger partial charge in [0.2, 0.25) is 11.8 Å². The molecule has 1 fully saturated rings. The van der Waals surface area contributed by atoms with Crippen LogP contribution in [0.1, 0.15) is 20.8 Å². The molecule has 1 unspecified atom stereocenters. The van der Waals surface area contributed by atoms with Gasteiger partial charge in [0.05, 0.1) is 6.54 Å². The maximum Gasteiger partial charge on any atom is 0.245 e. The normalized spacial score (nSPS) is 24.7. The van der Waals surface area contributed by atoms with Gasteiger partial charge in [-0.05, 0) is 20.8 Å². The van der Waals surface area contributed by atoms with E-state index in [2.05, 4.69) is 5.32 Å². The predicted molar refractivity (Wildman–Crippen MR) is 44.5 cm³/mol. The van der Waals surface area contributed by atoms with E-state index >= 15 is 0 Å². The summed E-state index contributed by atoms with van der Waals surface area (Å²) in [5.41, 5.74) is 0. The number of piperazine rings is 1. The van der Waals surface area contributed by atoms with Gasteiger partial charge in [-0.25, -0.2) is 0 Å². The van der Waals surface area contributed by atoms with Crippen molar-refractivity contribution in [3.63, 3.8) is 0 Å². The van der Waals surface area contributed by atoms with Crippen LogP contribution in [0.15, 0.2) is 0 Å². The van der Waals surface area contributed by atoms with Gasteiger partial charge in [-0.2, -0.15) is 0 Å². The summed E-state index contributed by atoms with van der Waals surface area (Å²) in [5, 5.41) is 2.58. The fourth-order valence-electron chi connectivity index (χ4n) is 1.27. The summed E-state index contributed by atoms with van der Waals surface area (Å²) < 4.78 is 0. The van der Waals surface area contributed by atoms with Crippen LogP contribution in [0.2, 0.25) is 0 Å². The smallest absolute Gasteiger partial charge is 0.245 e. The van der Waals surface area contributed by atoms with E-state index in [1.54, 1.807) is 11.8 Å². The molecule has 0 aromatic rings. The topological polar surface area (TPSA) is 49.4 Å². The number of hydrogen-bond donors (Lipinski definition) is 1. The maximum absolute atomic E-state index is 11.4. The Kier molecular flexibility index (Phi) is 2.35. The van der Waals surface area contributed by atoms with E-state index in [4.69, 9.17) is 0 Å². The zero-order valence-electron chi connectivity index (χ0n) is 7.63. The third-order valence-electron chi connectivity index (χ3n) is 1.97. The quantitative estimate of drug-likeness (QED) is 0.589. The van der Waals surface area contributed by atoms with Crippen LogP contribution in [0.4, 0.5) is 0 Å². The molecule has 4 nitrogen and oxygen atoms in total. The number of amides is 2. The van der Waals surface area contributed by atoms with Crippen LogP contribution in [0, 0.1) is 0 Å². The number of hydrogen-bond acceptors (Lipinski definition) is 2. The molecular formula is C8H14N2O2. The van der Waals surface area contributed by atoms with E-state index < -0.39 is 0 Å². The lowest BCUT2D eigenvalue weighted by molar-refractivity contribution is -0.145. The Labute approximate surface area is 71.9 Å². The van der Waals surface area contributed by atoms with E-state index in [9.17, 15) is 9.59 Å². The number of nitrogens with one attached hydrogen (secondary N) is 1. The summed E-state index contributed by atoms with van der Waals surface area (Å²) >= 11 is 0.